The highest BCUT2D eigenvalue weighted by molar-refractivity contribution is 5.57. The molecule has 0 amide bonds. The summed E-state index contributed by atoms with van der Waals surface area (Å²) in [5.41, 5.74) is 1.12. The van der Waals surface area contributed by atoms with Gasteiger partial charge in [0.2, 0.25) is 5.95 Å². The van der Waals surface area contributed by atoms with E-state index in [9.17, 15) is 0 Å². The number of aromatic nitrogens is 2. The third-order valence-electron chi connectivity index (χ3n) is 4.28. The predicted molar refractivity (Wildman–Crippen MR) is 90.6 cm³/mol. The van der Waals surface area contributed by atoms with Gasteiger partial charge in [0.1, 0.15) is 11.5 Å². The third-order valence-corrected chi connectivity index (χ3v) is 4.28. The van der Waals surface area contributed by atoms with Gasteiger partial charge in [-0.2, -0.15) is 0 Å². The average Bonchev–Trinajstić information content (AvgIpc) is 3.11. The lowest BCUT2D eigenvalue weighted by Gasteiger charge is -2.25. The van der Waals surface area contributed by atoms with Crippen LogP contribution in [0.1, 0.15) is 6.42 Å². The van der Waals surface area contributed by atoms with E-state index in [0.717, 1.165) is 42.6 Å². The molecule has 1 aliphatic heterocycles. The molecule has 1 saturated heterocycles. The molecule has 1 fully saturated rings. The van der Waals surface area contributed by atoms with Crippen LogP contribution in [0.4, 0.5) is 11.6 Å². The Bertz CT molecular complexity index is 628. The quantitative estimate of drug-likeness (QED) is 0.843. The summed E-state index contributed by atoms with van der Waals surface area (Å²) in [7, 11) is 5.40. The molecule has 0 aliphatic carbocycles. The largest absolute Gasteiger partial charge is 0.497 e. The molecule has 23 heavy (non-hydrogen) atoms. The molecule has 6 nitrogen and oxygen atoms in total. The van der Waals surface area contributed by atoms with Gasteiger partial charge in [-0.1, -0.05) is 0 Å². The number of methoxy groups -OCH3 is 2. The first-order chi connectivity index (χ1) is 11.2. The van der Waals surface area contributed by atoms with Crippen LogP contribution >= 0.6 is 0 Å². The van der Waals surface area contributed by atoms with Crippen LogP contribution in [0.3, 0.4) is 0 Å². The van der Waals surface area contributed by atoms with Gasteiger partial charge in [-0.05, 0) is 12.5 Å². The normalized spacial score (nSPS) is 17.2. The first-order valence-corrected chi connectivity index (χ1v) is 7.69. The molecule has 1 aromatic carbocycles. The van der Waals surface area contributed by atoms with Crippen molar-refractivity contribution in [3.05, 3.63) is 36.7 Å². The van der Waals surface area contributed by atoms with Crippen molar-refractivity contribution in [2.24, 2.45) is 0 Å². The molecule has 2 aromatic rings. The van der Waals surface area contributed by atoms with Gasteiger partial charge in [-0.3, -0.25) is 0 Å². The highest BCUT2D eigenvalue weighted by Crippen LogP contribution is 2.31. The van der Waals surface area contributed by atoms with Crippen LogP contribution in [0.25, 0.3) is 0 Å². The van der Waals surface area contributed by atoms with Crippen LogP contribution < -0.4 is 19.3 Å². The highest BCUT2D eigenvalue weighted by atomic mass is 16.5. The fraction of sp³-hybridized carbons (Fsp3) is 0.412. The lowest BCUT2D eigenvalue weighted by molar-refractivity contribution is 0.394. The molecule has 1 atom stereocenters. The minimum absolute atomic E-state index is 0.384. The highest BCUT2D eigenvalue weighted by Gasteiger charge is 2.27. The Kier molecular flexibility index (Phi) is 4.50. The summed E-state index contributed by atoms with van der Waals surface area (Å²) in [6.07, 6.45) is 4.62. The lowest BCUT2D eigenvalue weighted by atomic mass is 10.2. The summed E-state index contributed by atoms with van der Waals surface area (Å²) in [4.78, 5) is 13.2. The van der Waals surface area contributed by atoms with E-state index in [2.05, 4.69) is 26.8 Å². The Balaban J connectivity index is 1.75. The second-order valence-corrected chi connectivity index (χ2v) is 5.62. The number of benzene rings is 1. The van der Waals surface area contributed by atoms with Crippen molar-refractivity contribution in [3.8, 4) is 11.5 Å². The molecular weight excluding hydrogens is 292 g/mol. The lowest BCUT2D eigenvalue weighted by Crippen LogP contribution is -2.35. The maximum atomic E-state index is 5.36. The van der Waals surface area contributed by atoms with Crippen molar-refractivity contribution >= 4 is 11.6 Å². The Hall–Kier alpha value is -2.50. The zero-order valence-corrected chi connectivity index (χ0v) is 13.8. The molecule has 1 aromatic heterocycles. The molecular formula is C17H22N4O2. The molecule has 2 heterocycles. The summed E-state index contributed by atoms with van der Waals surface area (Å²) >= 11 is 0. The molecule has 0 N–H and O–H groups in total. The molecule has 0 bridgehead atoms. The van der Waals surface area contributed by atoms with Crippen LogP contribution in [0.5, 0.6) is 11.5 Å². The summed E-state index contributed by atoms with van der Waals surface area (Å²) < 4.78 is 10.7. The van der Waals surface area contributed by atoms with Crippen LogP contribution in [-0.2, 0) is 0 Å². The van der Waals surface area contributed by atoms with Crippen molar-refractivity contribution in [1.82, 2.24) is 9.97 Å². The number of hydrogen-bond acceptors (Lipinski definition) is 6. The van der Waals surface area contributed by atoms with E-state index in [1.54, 1.807) is 26.6 Å². The Labute approximate surface area is 136 Å². The van der Waals surface area contributed by atoms with Gasteiger partial charge >= 0.3 is 0 Å². The van der Waals surface area contributed by atoms with Gasteiger partial charge in [0, 0.05) is 56.4 Å². The van der Waals surface area contributed by atoms with E-state index in [1.165, 1.54) is 0 Å². The van der Waals surface area contributed by atoms with E-state index in [1.807, 2.05) is 24.3 Å². The Morgan fingerprint density at radius 1 is 1.09 bits per heavy atom. The number of rotatable bonds is 5. The van der Waals surface area contributed by atoms with E-state index < -0.39 is 0 Å². The van der Waals surface area contributed by atoms with Gasteiger partial charge in [0.15, 0.2) is 0 Å². The van der Waals surface area contributed by atoms with Crippen molar-refractivity contribution in [1.29, 1.82) is 0 Å². The third kappa shape index (κ3) is 3.31. The van der Waals surface area contributed by atoms with Gasteiger partial charge in [0.05, 0.1) is 20.3 Å². The SMILES string of the molecule is COc1cc(OC)cc(N2CC[C@H](N(C)c3ncccn3)C2)c1. The predicted octanol–water partition coefficient (Wildman–Crippen LogP) is 2.21. The molecule has 3 rings (SSSR count). The monoisotopic (exact) mass is 314 g/mol. The molecule has 6 heteroatoms. The van der Waals surface area contributed by atoms with Crippen molar-refractivity contribution < 1.29 is 9.47 Å². The van der Waals surface area contributed by atoms with Crippen LogP contribution in [0, 0.1) is 0 Å². The number of anilines is 2. The first-order valence-electron chi connectivity index (χ1n) is 7.69. The smallest absolute Gasteiger partial charge is 0.225 e. The van der Waals surface area contributed by atoms with Crippen molar-refractivity contribution in [3.63, 3.8) is 0 Å². The fourth-order valence-corrected chi connectivity index (χ4v) is 2.90. The number of ether oxygens (including phenoxy) is 2. The molecule has 0 saturated carbocycles. The topological polar surface area (TPSA) is 50.7 Å². The van der Waals surface area contributed by atoms with Gasteiger partial charge in [0.25, 0.3) is 0 Å². The summed E-state index contributed by atoms with van der Waals surface area (Å²) in [6, 6.07) is 8.20. The van der Waals surface area contributed by atoms with Gasteiger partial charge in [-0.15, -0.1) is 0 Å². The van der Waals surface area contributed by atoms with E-state index >= 15 is 0 Å². The zero-order valence-electron chi connectivity index (χ0n) is 13.8. The number of nitrogens with zero attached hydrogens (tertiary/aromatic N) is 4. The minimum atomic E-state index is 0.384. The maximum absolute atomic E-state index is 5.36. The van der Waals surface area contributed by atoms with E-state index in [4.69, 9.17) is 9.47 Å². The fourth-order valence-electron chi connectivity index (χ4n) is 2.90. The molecule has 1 aliphatic rings. The molecule has 0 radical (unpaired) electrons. The van der Waals surface area contributed by atoms with Gasteiger partial charge in [-0.25, -0.2) is 9.97 Å². The second kappa shape index (κ2) is 6.73. The zero-order chi connectivity index (χ0) is 16.2. The van der Waals surface area contributed by atoms with Crippen molar-refractivity contribution in [2.75, 3.05) is 44.2 Å². The van der Waals surface area contributed by atoms with Crippen LogP contribution in [0.15, 0.2) is 36.7 Å². The average molecular weight is 314 g/mol. The van der Waals surface area contributed by atoms with Crippen LogP contribution in [-0.4, -0.2) is 50.4 Å². The second-order valence-electron chi connectivity index (χ2n) is 5.62. The number of hydrogen-bond donors (Lipinski definition) is 0. The maximum Gasteiger partial charge on any atom is 0.225 e. The molecule has 0 unspecified atom stereocenters. The Morgan fingerprint density at radius 2 is 1.74 bits per heavy atom. The molecule has 0 spiro atoms. The Morgan fingerprint density at radius 3 is 2.35 bits per heavy atom. The number of likely N-dealkylation sites (N-methyl/N-ethyl adjacent to an activating group) is 1. The summed E-state index contributed by atoms with van der Waals surface area (Å²) in [6.45, 7) is 1.91. The van der Waals surface area contributed by atoms with Crippen molar-refractivity contribution in [2.45, 2.75) is 12.5 Å². The first kappa shape index (κ1) is 15.4. The molecule has 122 valence electrons. The summed E-state index contributed by atoms with van der Waals surface area (Å²) in [5, 5.41) is 0. The van der Waals surface area contributed by atoms with E-state index in [0.29, 0.717) is 6.04 Å². The minimum Gasteiger partial charge on any atom is -0.497 e. The summed E-state index contributed by atoms with van der Waals surface area (Å²) in [5.74, 6) is 2.38. The standard InChI is InChI=1S/C17H22N4O2/c1-20(17-18-6-4-7-19-17)13-5-8-21(12-13)14-9-15(22-2)11-16(10-14)23-3/h4,6-7,9-11,13H,5,8,12H2,1-3H3/t13-/m0/s1. The van der Waals surface area contributed by atoms with E-state index in [-0.39, 0.29) is 0 Å². The van der Waals surface area contributed by atoms with Gasteiger partial charge < -0.3 is 19.3 Å². The van der Waals surface area contributed by atoms with Crippen LogP contribution in [0.2, 0.25) is 0 Å².